The van der Waals surface area contributed by atoms with Gasteiger partial charge in [-0.25, -0.2) is 4.79 Å². The van der Waals surface area contributed by atoms with Gasteiger partial charge in [-0.05, 0) is 43.2 Å². The molecule has 0 bridgehead atoms. The van der Waals surface area contributed by atoms with Crippen molar-refractivity contribution in [3.8, 4) is 0 Å². The third kappa shape index (κ3) is 3.50. The van der Waals surface area contributed by atoms with Gasteiger partial charge in [0.15, 0.2) is 6.61 Å². The lowest BCUT2D eigenvalue weighted by Gasteiger charge is -2.22. The number of rotatable bonds is 4. The highest BCUT2D eigenvalue weighted by atomic mass is 16.5. The molecule has 1 heterocycles. The van der Waals surface area contributed by atoms with Crippen LogP contribution in [-0.2, 0) is 16.0 Å². The third-order valence-corrected chi connectivity index (χ3v) is 4.40. The van der Waals surface area contributed by atoms with Gasteiger partial charge in [0.1, 0.15) is 0 Å². The lowest BCUT2D eigenvalue weighted by atomic mass is 10.1. The highest BCUT2D eigenvalue weighted by molar-refractivity contribution is 5.99. The van der Waals surface area contributed by atoms with E-state index in [0.717, 1.165) is 23.4 Å². The van der Waals surface area contributed by atoms with Crippen molar-refractivity contribution in [1.82, 2.24) is 0 Å². The molecule has 1 aliphatic rings. The van der Waals surface area contributed by atoms with Gasteiger partial charge < -0.3 is 14.5 Å². The van der Waals surface area contributed by atoms with Crippen LogP contribution in [-0.4, -0.2) is 38.6 Å². The second kappa shape index (κ2) is 6.97. The van der Waals surface area contributed by atoms with E-state index in [1.807, 2.05) is 56.3 Å². The minimum atomic E-state index is -0.489. The fourth-order valence-corrected chi connectivity index (χ4v) is 3.14. The molecule has 0 spiro atoms. The van der Waals surface area contributed by atoms with E-state index < -0.39 is 5.97 Å². The molecule has 25 heavy (non-hydrogen) atoms. The number of fused-ring (bicyclic) bond motifs is 1. The first-order valence-corrected chi connectivity index (χ1v) is 8.32. The Labute approximate surface area is 147 Å². The van der Waals surface area contributed by atoms with Gasteiger partial charge in [0.25, 0.3) is 5.91 Å². The molecule has 0 unspecified atom stereocenters. The van der Waals surface area contributed by atoms with E-state index >= 15 is 0 Å². The number of carbonyl (C=O) groups excluding carboxylic acids is 2. The summed E-state index contributed by atoms with van der Waals surface area (Å²) in [6.45, 7) is 1.74. The summed E-state index contributed by atoms with van der Waals surface area (Å²) in [6, 6.07) is 15.1. The molecule has 1 atom stereocenters. The van der Waals surface area contributed by atoms with Crippen molar-refractivity contribution in [1.29, 1.82) is 0 Å². The SMILES string of the molecule is C[C@H]1Cc2ccccc2N1C(=O)COC(=O)c1cccc(N(C)C)c1. The molecule has 0 fully saturated rings. The third-order valence-electron chi connectivity index (χ3n) is 4.40. The first-order chi connectivity index (χ1) is 12.0. The van der Waals surface area contributed by atoms with Crippen LogP contribution >= 0.6 is 0 Å². The first kappa shape index (κ1) is 17.0. The summed E-state index contributed by atoms with van der Waals surface area (Å²) >= 11 is 0. The largest absolute Gasteiger partial charge is 0.452 e. The lowest BCUT2D eigenvalue weighted by molar-refractivity contribution is -0.122. The normalized spacial score (nSPS) is 15.6. The molecule has 1 aliphatic heterocycles. The van der Waals surface area contributed by atoms with E-state index in [1.54, 1.807) is 23.1 Å². The maximum absolute atomic E-state index is 12.6. The zero-order chi connectivity index (χ0) is 18.0. The molecular formula is C20H22N2O3. The van der Waals surface area contributed by atoms with Crippen LogP contribution in [0, 0.1) is 0 Å². The zero-order valence-corrected chi connectivity index (χ0v) is 14.7. The topological polar surface area (TPSA) is 49.9 Å². The van der Waals surface area contributed by atoms with Crippen LogP contribution in [0.2, 0.25) is 0 Å². The van der Waals surface area contributed by atoms with E-state index in [4.69, 9.17) is 4.74 Å². The maximum atomic E-state index is 12.6. The van der Waals surface area contributed by atoms with E-state index in [2.05, 4.69) is 0 Å². The fraction of sp³-hybridized carbons (Fsp3) is 0.300. The average Bonchev–Trinajstić information content (AvgIpc) is 2.95. The van der Waals surface area contributed by atoms with Crippen LogP contribution in [0.25, 0.3) is 0 Å². The minimum Gasteiger partial charge on any atom is -0.452 e. The van der Waals surface area contributed by atoms with E-state index in [-0.39, 0.29) is 18.6 Å². The summed E-state index contributed by atoms with van der Waals surface area (Å²) in [5.74, 6) is -0.688. The van der Waals surface area contributed by atoms with Gasteiger partial charge in [-0.3, -0.25) is 4.79 Å². The molecule has 1 amide bonds. The van der Waals surface area contributed by atoms with Gasteiger partial charge >= 0.3 is 5.97 Å². The lowest BCUT2D eigenvalue weighted by Crippen LogP contribution is -2.38. The predicted molar refractivity (Wildman–Crippen MR) is 98.1 cm³/mol. The van der Waals surface area contributed by atoms with Gasteiger partial charge in [0.2, 0.25) is 0 Å². The molecule has 2 aromatic rings. The molecule has 0 saturated carbocycles. The quantitative estimate of drug-likeness (QED) is 0.805. The Morgan fingerprint density at radius 1 is 1.16 bits per heavy atom. The molecule has 130 valence electrons. The maximum Gasteiger partial charge on any atom is 0.338 e. The Morgan fingerprint density at radius 2 is 1.92 bits per heavy atom. The number of hydrogen-bond donors (Lipinski definition) is 0. The average molecular weight is 338 g/mol. The van der Waals surface area contributed by atoms with E-state index in [1.165, 1.54) is 0 Å². The molecular weight excluding hydrogens is 316 g/mol. The summed E-state index contributed by atoms with van der Waals surface area (Å²) in [4.78, 5) is 28.5. The van der Waals surface area contributed by atoms with Crippen LogP contribution in [0.5, 0.6) is 0 Å². The van der Waals surface area contributed by atoms with Crippen LogP contribution in [0.4, 0.5) is 11.4 Å². The number of hydrogen-bond acceptors (Lipinski definition) is 4. The number of ether oxygens (including phenoxy) is 1. The summed E-state index contributed by atoms with van der Waals surface area (Å²) in [5.41, 5.74) is 3.40. The highest BCUT2D eigenvalue weighted by Gasteiger charge is 2.31. The van der Waals surface area contributed by atoms with E-state index in [9.17, 15) is 9.59 Å². The number of nitrogens with zero attached hydrogens (tertiary/aromatic N) is 2. The van der Waals surface area contributed by atoms with Crippen molar-refractivity contribution < 1.29 is 14.3 Å². The molecule has 5 nitrogen and oxygen atoms in total. The molecule has 5 heteroatoms. The van der Waals surface area contributed by atoms with Crippen LogP contribution in [0.1, 0.15) is 22.8 Å². The Bertz CT molecular complexity index is 801. The number of carbonyl (C=O) groups is 2. The van der Waals surface area contributed by atoms with Crippen LogP contribution in [0.15, 0.2) is 48.5 Å². The standard InChI is InChI=1S/C20H22N2O3/c1-14-11-15-7-4-5-10-18(15)22(14)19(23)13-25-20(24)16-8-6-9-17(12-16)21(2)3/h4-10,12,14H,11,13H2,1-3H3/t14-/m0/s1. The Morgan fingerprint density at radius 3 is 2.68 bits per heavy atom. The molecule has 0 radical (unpaired) electrons. The number of amides is 1. The molecule has 0 N–H and O–H groups in total. The monoisotopic (exact) mass is 338 g/mol. The van der Waals surface area contributed by atoms with Crippen molar-refractivity contribution in [3.63, 3.8) is 0 Å². The van der Waals surface area contributed by atoms with Crippen molar-refractivity contribution in [2.75, 3.05) is 30.5 Å². The van der Waals surface area contributed by atoms with Gasteiger partial charge in [0.05, 0.1) is 5.56 Å². The van der Waals surface area contributed by atoms with Gasteiger partial charge in [0, 0.05) is 31.5 Å². The minimum absolute atomic E-state index is 0.0701. The molecule has 0 aliphatic carbocycles. The Hall–Kier alpha value is -2.82. The second-order valence-electron chi connectivity index (χ2n) is 6.47. The predicted octanol–water partition coefficient (Wildman–Crippen LogP) is 2.89. The van der Waals surface area contributed by atoms with E-state index in [0.29, 0.717) is 5.56 Å². The fourth-order valence-electron chi connectivity index (χ4n) is 3.14. The molecule has 0 aromatic heterocycles. The Balaban J connectivity index is 1.66. The number of para-hydroxylation sites is 1. The van der Waals surface area contributed by atoms with Crippen molar-refractivity contribution in [2.24, 2.45) is 0 Å². The zero-order valence-electron chi connectivity index (χ0n) is 14.7. The van der Waals surface area contributed by atoms with Crippen LogP contribution < -0.4 is 9.80 Å². The van der Waals surface area contributed by atoms with Gasteiger partial charge in [-0.15, -0.1) is 0 Å². The summed E-state index contributed by atoms with van der Waals surface area (Å²) in [6.07, 6.45) is 0.820. The highest BCUT2D eigenvalue weighted by Crippen LogP contribution is 2.31. The van der Waals surface area contributed by atoms with Gasteiger partial charge in [-0.1, -0.05) is 24.3 Å². The summed E-state index contributed by atoms with van der Waals surface area (Å²) in [7, 11) is 3.81. The molecule has 3 rings (SSSR count). The van der Waals surface area contributed by atoms with Crippen molar-refractivity contribution >= 4 is 23.3 Å². The second-order valence-corrected chi connectivity index (χ2v) is 6.47. The number of esters is 1. The van der Waals surface area contributed by atoms with Gasteiger partial charge in [-0.2, -0.15) is 0 Å². The number of anilines is 2. The smallest absolute Gasteiger partial charge is 0.338 e. The first-order valence-electron chi connectivity index (χ1n) is 8.32. The van der Waals surface area contributed by atoms with Crippen molar-refractivity contribution in [2.45, 2.75) is 19.4 Å². The van der Waals surface area contributed by atoms with Crippen LogP contribution in [0.3, 0.4) is 0 Å². The summed E-state index contributed by atoms with van der Waals surface area (Å²) < 4.78 is 5.25. The molecule has 0 saturated heterocycles. The Kier molecular flexibility index (Phi) is 4.74. The summed E-state index contributed by atoms with van der Waals surface area (Å²) in [5, 5.41) is 0. The number of benzene rings is 2. The molecule has 2 aromatic carbocycles. The van der Waals surface area contributed by atoms with Crippen molar-refractivity contribution in [3.05, 3.63) is 59.7 Å².